The molecule has 7 heterocycles. The molecular formula is C38H31BrF2N8O2S2. The summed E-state index contributed by atoms with van der Waals surface area (Å²) in [5.74, 6) is 9.36. The Morgan fingerprint density at radius 3 is 1.79 bits per heavy atom. The number of hydrogen-bond acceptors (Lipinski definition) is 9. The Bertz CT molecular complexity index is 2500. The van der Waals surface area contributed by atoms with Gasteiger partial charge in [0.05, 0.1) is 33.6 Å². The van der Waals surface area contributed by atoms with Gasteiger partial charge in [-0.3, -0.25) is 13.8 Å². The molecule has 0 N–H and O–H groups in total. The van der Waals surface area contributed by atoms with Crippen LogP contribution >= 0.6 is 38.6 Å². The van der Waals surface area contributed by atoms with Gasteiger partial charge in [0.1, 0.15) is 46.5 Å². The first kappa shape index (κ1) is 35.2. The van der Waals surface area contributed by atoms with Gasteiger partial charge in [-0.2, -0.15) is 5.10 Å². The van der Waals surface area contributed by atoms with Gasteiger partial charge < -0.3 is 9.47 Å². The maximum absolute atomic E-state index is 13.4. The van der Waals surface area contributed by atoms with E-state index in [0.717, 1.165) is 81.8 Å². The molecule has 2 aliphatic rings. The Morgan fingerprint density at radius 1 is 0.717 bits per heavy atom. The number of aromatic nitrogens is 8. The van der Waals surface area contributed by atoms with Crippen molar-refractivity contribution >= 4 is 38.6 Å². The van der Waals surface area contributed by atoms with E-state index in [2.05, 4.69) is 62.4 Å². The van der Waals surface area contributed by atoms with Crippen LogP contribution in [0.25, 0.3) is 10.0 Å². The van der Waals surface area contributed by atoms with E-state index in [-0.39, 0.29) is 11.6 Å². The molecule has 0 fully saturated rings. The molecule has 53 heavy (non-hydrogen) atoms. The molecule has 0 amide bonds. The number of benzene rings is 2. The van der Waals surface area contributed by atoms with Crippen molar-refractivity contribution < 1.29 is 18.3 Å². The van der Waals surface area contributed by atoms with E-state index in [1.54, 1.807) is 33.6 Å². The average molecular weight is 814 g/mol. The van der Waals surface area contributed by atoms with Crippen LogP contribution in [0, 0.1) is 37.3 Å². The van der Waals surface area contributed by atoms with Crippen molar-refractivity contribution in [3.63, 3.8) is 0 Å². The van der Waals surface area contributed by atoms with Gasteiger partial charge in [-0.15, -0.1) is 43.1 Å². The fourth-order valence-electron chi connectivity index (χ4n) is 6.31. The summed E-state index contributed by atoms with van der Waals surface area (Å²) in [7, 11) is 1.87. The Morgan fingerprint density at radius 2 is 1.25 bits per heavy atom. The molecule has 9 rings (SSSR count). The van der Waals surface area contributed by atoms with Crippen molar-refractivity contribution in [3.05, 3.63) is 143 Å². The molecule has 15 heteroatoms. The largest absolute Gasteiger partial charge is 0.369 e. The highest BCUT2D eigenvalue weighted by molar-refractivity contribution is 9.11. The van der Waals surface area contributed by atoms with Crippen molar-refractivity contribution in [3.8, 4) is 21.8 Å². The third-order valence-corrected chi connectivity index (χ3v) is 12.1. The number of fused-ring (bicyclic) bond motifs is 6. The zero-order chi connectivity index (χ0) is 36.6. The number of rotatable bonds is 4. The van der Waals surface area contributed by atoms with Crippen molar-refractivity contribution in [1.29, 1.82) is 0 Å². The lowest BCUT2D eigenvalue weighted by atomic mass is 10.0. The standard InChI is InChI=1S/C22H18FN5OS.C16H13BrFN3OS/c1-14-25-26-21-13-29-12-19-18(9-15-3-6-17(23)7-4-15)20(30-22(19)28(14)21)8-5-16-10-24-27(2)11-16;1-9-19-20-14-8-22-7-13-12(15(17)23-16(13)21(9)14)6-10-2-4-11(18)5-3-10/h3-4,6-7,10-11H,9,12-13H2,1-2H3;2-5H,6-8H2,1H3. The Labute approximate surface area is 320 Å². The molecule has 0 radical (unpaired) electrons. The first-order chi connectivity index (χ1) is 25.7. The van der Waals surface area contributed by atoms with E-state index in [9.17, 15) is 8.78 Å². The van der Waals surface area contributed by atoms with Gasteiger partial charge in [-0.1, -0.05) is 36.1 Å². The van der Waals surface area contributed by atoms with Gasteiger partial charge >= 0.3 is 0 Å². The lowest BCUT2D eigenvalue weighted by Crippen LogP contribution is -2.00. The second-order valence-corrected chi connectivity index (χ2v) is 15.9. The Kier molecular flexibility index (Phi) is 9.88. The molecule has 2 aliphatic heterocycles. The van der Waals surface area contributed by atoms with Crippen LogP contribution in [0.1, 0.15) is 67.1 Å². The molecule has 0 unspecified atom stereocenters. The van der Waals surface area contributed by atoms with E-state index in [4.69, 9.17) is 9.47 Å². The summed E-state index contributed by atoms with van der Waals surface area (Å²) in [4.78, 5) is 0.956. The molecule has 10 nitrogen and oxygen atoms in total. The predicted molar refractivity (Wildman–Crippen MR) is 200 cm³/mol. The van der Waals surface area contributed by atoms with E-state index >= 15 is 0 Å². The molecule has 7 aromatic rings. The van der Waals surface area contributed by atoms with Gasteiger partial charge in [0.2, 0.25) is 0 Å². The smallest absolute Gasteiger partial charge is 0.164 e. The van der Waals surface area contributed by atoms with Crippen molar-refractivity contribution in [1.82, 2.24) is 39.3 Å². The second-order valence-electron chi connectivity index (χ2n) is 12.6. The molecule has 0 saturated heterocycles. The third-order valence-electron chi connectivity index (χ3n) is 8.90. The highest BCUT2D eigenvalue weighted by atomic mass is 79.9. The Balaban J connectivity index is 0.000000156. The van der Waals surface area contributed by atoms with E-state index < -0.39 is 0 Å². The topological polar surface area (TPSA) is 97.7 Å². The van der Waals surface area contributed by atoms with Crippen LogP contribution in [-0.4, -0.2) is 39.3 Å². The molecule has 0 saturated carbocycles. The summed E-state index contributed by atoms with van der Waals surface area (Å²) in [5.41, 5.74) is 7.45. The first-order valence-electron chi connectivity index (χ1n) is 16.6. The number of nitrogens with zero attached hydrogens (tertiary/aromatic N) is 8. The number of thiophene rings is 2. The number of ether oxygens (including phenoxy) is 2. The summed E-state index contributed by atoms with van der Waals surface area (Å²) < 4.78 is 45.1. The van der Waals surface area contributed by atoms with Crippen LogP contribution in [0.4, 0.5) is 8.78 Å². The van der Waals surface area contributed by atoms with E-state index in [0.29, 0.717) is 32.8 Å². The highest BCUT2D eigenvalue weighted by Crippen LogP contribution is 2.40. The van der Waals surface area contributed by atoms with Crippen LogP contribution in [0.3, 0.4) is 0 Å². The zero-order valence-corrected chi connectivity index (χ0v) is 32.1. The normalized spacial score (nSPS) is 13.0. The van der Waals surface area contributed by atoms with E-state index in [1.807, 2.05) is 51.4 Å². The van der Waals surface area contributed by atoms with Crippen LogP contribution in [0.15, 0.2) is 64.7 Å². The monoisotopic (exact) mass is 812 g/mol. The fraction of sp³-hybridized carbons (Fsp3) is 0.237. The number of hydrogen-bond donors (Lipinski definition) is 0. The Hall–Kier alpha value is -4.85. The van der Waals surface area contributed by atoms with Crippen LogP contribution in [0.2, 0.25) is 0 Å². The second kappa shape index (κ2) is 14.9. The van der Waals surface area contributed by atoms with Crippen molar-refractivity contribution in [2.24, 2.45) is 7.05 Å². The summed E-state index contributed by atoms with van der Waals surface area (Å²) >= 11 is 6.95. The molecule has 0 spiro atoms. The van der Waals surface area contributed by atoms with Crippen molar-refractivity contribution in [2.75, 3.05) is 0 Å². The first-order valence-corrected chi connectivity index (χ1v) is 19.1. The maximum atomic E-state index is 13.4. The minimum Gasteiger partial charge on any atom is -0.369 e. The molecule has 268 valence electrons. The van der Waals surface area contributed by atoms with Gasteiger partial charge in [-0.25, -0.2) is 8.78 Å². The lowest BCUT2D eigenvalue weighted by molar-refractivity contribution is 0.104. The molecule has 0 atom stereocenters. The number of aryl methyl sites for hydroxylation is 3. The molecule has 5 aromatic heterocycles. The summed E-state index contributed by atoms with van der Waals surface area (Å²) in [6.07, 6.45) is 5.00. The lowest BCUT2D eigenvalue weighted by Gasteiger charge is -2.07. The summed E-state index contributed by atoms with van der Waals surface area (Å²) in [5, 5.41) is 23.1. The maximum Gasteiger partial charge on any atom is 0.164 e. The van der Waals surface area contributed by atoms with Gasteiger partial charge in [0, 0.05) is 24.4 Å². The highest BCUT2D eigenvalue weighted by Gasteiger charge is 2.27. The van der Waals surface area contributed by atoms with Gasteiger partial charge in [-0.05, 0) is 89.1 Å². The quantitative estimate of drug-likeness (QED) is 0.168. The van der Waals surface area contributed by atoms with Gasteiger partial charge in [0.25, 0.3) is 0 Å². The summed E-state index contributed by atoms with van der Waals surface area (Å²) in [6.45, 7) is 5.76. The van der Waals surface area contributed by atoms with Crippen LogP contribution < -0.4 is 0 Å². The SMILES string of the molecule is Cc1nnc2n1-c1sc(Br)c(Cc3ccc(F)cc3)c1COC2.Cc1nnc2n1-c1sc(C#Cc3cnn(C)c3)c(Cc3ccc(F)cc3)c1COC2. The predicted octanol–water partition coefficient (Wildman–Crippen LogP) is 7.69. The zero-order valence-electron chi connectivity index (χ0n) is 28.9. The van der Waals surface area contributed by atoms with Crippen molar-refractivity contribution in [2.45, 2.75) is 53.1 Å². The van der Waals surface area contributed by atoms with E-state index in [1.165, 1.54) is 29.8 Å². The molecule has 0 aliphatic carbocycles. The molecular weight excluding hydrogens is 783 g/mol. The minimum absolute atomic E-state index is 0.218. The molecule has 2 aromatic carbocycles. The number of halogens is 3. The molecule has 0 bridgehead atoms. The average Bonchev–Trinajstić information content (AvgIpc) is 3.92. The minimum atomic E-state index is -0.243. The van der Waals surface area contributed by atoms with Crippen LogP contribution in [-0.2, 0) is 55.8 Å². The summed E-state index contributed by atoms with van der Waals surface area (Å²) in [6, 6.07) is 13.2. The third kappa shape index (κ3) is 7.25. The van der Waals surface area contributed by atoms with Crippen LogP contribution in [0.5, 0.6) is 0 Å². The fourth-order valence-corrected chi connectivity index (χ4v) is 9.52. The van der Waals surface area contributed by atoms with Gasteiger partial charge in [0.15, 0.2) is 11.6 Å².